The molecule has 0 aliphatic rings. The van der Waals surface area contributed by atoms with Gasteiger partial charge in [-0.2, -0.15) is 0 Å². The number of sulfonamides is 1. The summed E-state index contributed by atoms with van der Waals surface area (Å²) in [5, 5.41) is 13.9. The molecular weight excluding hydrogens is 410 g/mol. The van der Waals surface area contributed by atoms with E-state index in [1.807, 2.05) is 20.8 Å². The van der Waals surface area contributed by atoms with Gasteiger partial charge >= 0.3 is 6.09 Å². The van der Waals surface area contributed by atoms with Crippen molar-refractivity contribution in [2.75, 3.05) is 4.72 Å². The van der Waals surface area contributed by atoms with Gasteiger partial charge in [0.15, 0.2) is 0 Å². The van der Waals surface area contributed by atoms with E-state index in [1.165, 1.54) is 6.07 Å². The molecule has 0 bridgehead atoms. The SMILES string of the molecule is Cc1cccc(NS(=O)(=O)Cc2ccc(COC(=O)NC(C)(C)C)cc2)c1[N+](=O)[O-]. The number of benzene rings is 2. The summed E-state index contributed by atoms with van der Waals surface area (Å²) in [5.74, 6) is -0.357. The molecule has 0 unspecified atom stereocenters. The Balaban J connectivity index is 2.02. The largest absolute Gasteiger partial charge is 0.445 e. The molecular formula is C20H25N3O6S. The highest BCUT2D eigenvalue weighted by Crippen LogP contribution is 2.29. The summed E-state index contributed by atoms with van der Waals surface area (Å²) in [6.45, 7) is 7.09. The number of hydrogen-bond acceptors (Lipinski definition) is 6. The molecule has 9 nitrogen and oxygen atoms in total. The number of nitro benzene ring substituents is 1. The molecule has 2 aromatic rings. The van der Waals surface area contributed by atoms with Crippen LogP contribution in [0, 0.1) is 17.0 Å². The van der Waals surface area contributed by atoms with E-state index in [1.54, 1.807) is 43.3 Å². The lowest BCUT2D eigenvalue weighted by atomic mass is 10.1. The second-order valence-electron chi connectivity index (χ2n) is 7.86. The normalized spacial score (nSPS) is 11.6. The summed E-state index contributed by atoms with van der Waals surface area (Å²) >= 11 is 0. The van der Waals surface area contributed by atoms with Crippen LogP contribution < -0.4 is 10.0 Å². The number of aryl methyl sites for hydroxylation is 1. The number of anilines is 1. The van der Waals surface area contributed by atoms with Gasteiger partial charge in [-0.1, -0.05) is 36.4 Å². The number of amides is 1. The minimum Gasteiger partial charge on any atom is -0.445 e. The average Bonchev–Trinajstić information content (AvgIpc) is 2.58. The highest BCUT2D eigenvalue weighted by atomic mass is 32.2. The quantitative estimate of drug-likeness (QED) is 0.502. The molecule has 0 saturated heterocycles. The number of nitrogens with zero attached hydrogens (tertiary/aromatic N) is 1. The average molecular weight is 436 g/mol. The maximum atomic E-state index is 12.5. The zero-order chi connectivity index (χ0) is 22.5. The van der Waals surface area contributed by atoms with Gasteiger partial charge < -0.3 is 10.1 Å². The molecule has 2 aromatic carbocycles. The molecule has 0 heterocycles. The van der Waals surface area contributed by atoms with Crippen LogP contribution in [0.1, 0.15) is 37.5 Å². The molecule has 1 amide bonds. The number of rotatable bonds is 7. The molecule has 0 spiro atoms. The molecule has 0 atom stereocenters. The first-order valence-electron chi connectivity index (χ1n) is 9.13. The van der Waals surface area contributed by atoms with Crippen molar-refractivity contribution >= 4 is 27.5 Å². The van der Waals surface area contributed by atoms with Crippen LogP contribution in [0.4, 0.5) is 16.2 Å². The van der Waals surface area contributed by atoms with Gasteiger partial charge in [0.25, 0.3) is 5.69 Å². The molecule has 2 N–H and O–H groups in total. The lowest BCUT2D eigenvalue weighted by Crippen LogP contribution is -2.40. The van der Waals surface area contributed by atoms with Crippen molar-refractivity contribution in [1.29, 1.82) is 0 Å². The third-order valence-corrected chi connectivity index (χ3v) is 5.16. The predicted octanol–water partition coefficient (Wildman–Crippen LogP) is 3.87. The third kappa shape index (κ3) is 7.03. The number of hydrogen-bond donors (Lipinski definition) is 2. The molecule has 0 saturated carbocycles. The van der Waals surface area contributed by atoms with Crippen molar-refractivity contribution in [3.05, 3.63) is 69.3 Å². The lowest BCUT2D eigenvalue weighted by molar-refractivity contribution is -0.384. The minimum atomic E-state index is -3.87. The van der Waals surface area contributed by atoms with Crippen molar-refractivity contribution in [1.82, 2.24) is 5.32 Å². The maximum Gasteiger partial charge on any atom is 0.407 e. The summed E-state index contributed by atoms with van der Waals surface area (Å²) in [6.07, 6.45) is -0.543. The first-order chi connectivity index (χ1) is 13.9. The van der Waals surface area contributed by atoms with Gasteiger partial charge in [-0.15, -0.1) is 0 Å². The zero-order valence-corrected chi connectivity index (χ0v) is 18.1. The fraction of sp³-hybridized carbons (Fsp3) is 0.350. The molecule has 0 fully saturated rings. The van der Waals surface area contributed by atoms with Crippen LogP contribution in [0.15, 0.2) is 42.5 Å². The fourth-order valence-electron chi connectivity index (χ4n) is 2.63. The van der Waals surface area contributed by atoms with E-state index in [-0.39, 0.29) is 23.7 Å². The van der Waals surface area contributed by atoms with Crippen LogP contribution in [-0.2, 0) is 27.1 Å². The van der Waals surface area contributed by atoms with E-state index in [0.717, 1.165) is 0 Å². The second-order valence-corrected chi connectivity index (χ2v) is 9.58. The second kappa shape index (κ2) is 9.12. The Morgan fingerprint density at radius 3 is 2.27 bits per heavy atom. The third-order valence-electron chi connectivity index (χ3n) is 3.91. The Kier molecular flexibility index (Phi) is 7.04. The molecule has 0 aromatic heterocycles. The van der Waals surface area contributed by atoms with Crippen molar-refractivity contribution in [2.45, 2.75) is 45.6 Å². The standard InChI is InChI=1S/C20H25N3O6S/c1-14-6-5-7-17(18(14)23(25)26)22-30(27,28)13-16-10-8-15(9-11-16)12-29-19(24)21-20(2,3)4/h5-11,22H,12-13H2,1-4H3,(H,21,24). The molecule has 0 aliphatic carbocycles. The number of carbonyl (C=O) groups excluding carboxylic acids is 1. The van der Waals surface area contributed by atoms with Gasteiger partial charge in [0.1, 0.15) is 12.3 Å². The summed E-state index contributed by atoms with van der Waals surface area (Å²) in [6, 6.07) is 11.0. The van der Waals surface area contributed by atoms with E-state index in [4.69, 9.17) is 4.74 Å². The molecule has 0 aliphatic heterocycles. The number of alkyl carbamates (subject to hydrolysis) is 1. The summed E-state index contributed by atoms with van der Waals surface area (Å²) < 4.78 is 32.4. The van der Waals surface area contributed by atoms with E-state index in [2.05, 4.69) is 10.0 Å². The van der Waals surface area contributed by atoms with Crippen molar-refractivity contribution in [3.63, 3.8) is 0 Å². The predicted molar refractivity (Wildman–Crippen MR) is 114 cm³/mol. The zero-order valence-electron chi connectivity index (χ0n) is 17.3. The van der Waals surface area contributed by atoms with E-state index in [0.29, 0.717) is 16.7 Å². The molecule has 30 heavy (non-hydrogen) atoms. The van der Waals surface area contributed by atoms with Gasteiger partial charge in [-0.3, -0.25) is 14.8 Å². The van der Waals surface area contributed by atoms with Gasteiger partial charge in [-0.05, 0) is 44.9 Å². The Bertz CT molecular complexity index is 1030. The monoisotopic (exact) mass is 435 g/mol. The van der Waals surface area contributed by atoms with Crippen LogP contribution in [0.5, 0.6) is 0 Å². The van der Waals surface area contributed by atoms with Gasteiger partial charge in [0.05, 0.1) is 10.7 Å². The smallest absolute Gasteiger partial charge is 0.407 e. The van der Waals surface area contributed by atoms with Crippen LogP contribution >= 0.6 is 0 Å². The Morgan fingerprint density at radius 2 is 1.70 bits per heavy atom. The van der Waals surface area contributed by atoms with Gasteiger partial charge in [0, 0.05) is 11.1 Å². The Labute approximate surface area is 175 Å². The Morgan fingerprint density at radius 1 is 1.10 bits per heavy atom. The highest BCUT2D eigenvalue weighted by Gasteiger charge is 2.21. The van der Waals surface area contributed by atoms with Crippen LogP contribution in [0.25, 0.3) is 0 Å². The summed E-state index contributed by atoms with van der Waals surface area (Å²) in [7, 11) is -3.87. The maximum absolute atomic E-state index is 12.5. The number of ether oxygens (including phenoxy) is 1. The minimum absolute atomic E-state index is 0.0443. The topological polar surface area (TPSA) is 128 Å². The van der Waals surface area contributed by atoms with Gasteiger partial charge in [-0.25, -0.2) is 13.2 Å². The van der Waals surface area contributed by atoms with Crippen molar-refractivity contribution in [2.24, 2.45) is 0 Å². The molecule has 2 rings (SSSR count). The van der Waals surface area contributed by atoms with Crippen LogP contribution in [0.2, 0.25) is 0 Å². The molecule has 0 radical (unpaired) electrons. The van der Waals surface area contributed by atoms with Crippen LogP contribution in [0.3, 0.4) is 0 Å². The van der Waals surface area contributed by atoms with E-state index >= 15 is 0 Å². The number of nitrogens with one attached hydrogen (secondary N) is 2. The summed E-state index contributed by atoms with van der Waals surface area (Å²) in [5.41, 5.74) is 0.787. The van der Waals surface area contributed by atoms with E-state index < -0.39 is 26.6 Å². The van der Waals surface area contributed by atoms with Crippen molar-refractivity contribution in [3.8, 4) is 0 Å². The highest BCUT2D eigenvalue weighted by molar-refractivity contribution is 7.91. The number of nitro groups is 1. The number of para-hydroxylation sites is 1. The first kappa shape index (κ1) is 23.1. The Hall–Kier alpha value is -3.14. The van der Waals surface area contributed by atoms with Crippen LogP contribution in [-0.4, -0.2) is 25.0 Å². The lowest BCUT2D eigenvalue weighted by Gasteiger charge is -2.19. The molecule has 162 valence electrons. The number of carbonyl (C=O) groups is 1. The summed E-state index contributed by atoms with van der Waals surface area (Å²) in [4.78, 5) is 22.3. The molecule has 10 heteroatoms. The fourth-order valence-corrected chi connectivity index (χ4v) is 3.83. The van der Waals surface area contributed by atoms with Gasteiger partial charge in [0.2, 0.25) is 10.0 Å². The van der Waals surface area contributed by atoms with E-state index in [9.17, 15) is 23.3 Å². The first-order valence-corrected chi connectivity index (χ1v) is 10.8. The van der Waals surface area contributed by atoms with Crippen molar-refractivity contribution < 1.29 is 22.9 Å².